The van der Waals surface area contributed by atoms with Gasteiger partial charge in [-0.3, -0.25) is 9.59 Å². The number of hydrogen-bond acceptors (Lipinski definition) is 2. The van der Waals surface area contributed by atoms with Crippen LogP contribution in [0.3, 0.4) is 0 Å². The predicted octanol–water partition coefficient (Wildman–Crippen LogP) is 1.94. The molecule has 2 atom stereocenters. The Bertz CT molecular complexity index is 573. The van der Waals surface area contributed by atoms with Gasteiger partial charge in [0.15, 0.2) is 0 Å². The van der Waals surface area contributed by atoms with Crippen LogP contribution in [0.4, 0.5) is 4.39 Å². The van der Waals surface area contributed by atoms with Crippen LogP contribution >= 0.6 is 0 Å². The zero-order chi connectivity index (χ0) is 14.3. The van der Waals surface area contributed by atoms with E-state index in [-0.39, 0.29) is 23.1 Å². The van der Waals surface area contributed by atoms with E-state index in [1.54, 1.807) is 4.90 Å². The molecular formula is C15H17FN2O2. The van der Waals surface area contributed by atoms with Gasteiger partial charge in [-0.05, 0) is 43.4 Å². The maximum absolute atomic E-state index is 13.9. The molecule has 0 radical (unpaired) electrons. The number of hydrogen-bond donors (Lipinski definition) is 1. The first-order chi connectivity index (χ1) is 9.58. The Morgan fingerprint density at radius 1 is 1.25 bits per heavy atom. The second-order valence-corrected chi connectivity index (χ2v) is 5.60. The van der Waals surface area contributed by atoms with Crippen molar-refractivity contribution in [3.05, 3.63) is 35.1 Å². The molecule has 4 nitrogen and oxygen atoms in total. The SMILES string of the molecule is NC(=O)c1ccc(F)c(C(=O)N2CCC3CCCC32)c1. The van der Waals surface area contributed by atoms with Crippen molar-refractivity contribution >= 4 is 11.8 Å². The summed E-state index contributed by atoms with van der Waals surface area (Å²) in [6.45, 7) is 0.675. The van der Waals surface area contributed by atoms with Crippen molar-refractivity contribution in [1.29, 1.82) is 0 Å². The number of rotatable bonds is 2. The Labute approximate surface area is 116 Å². The molecule has 2 aliphatic rings. The maximum Gasteiger partial charge on any atom is 0.257 e. The highest BCUT2D eigenvalue weighted by Gasteiger charge is 2.40. The van der Waals surface area contributed by atoms with Gasteiger partial charge in [-0.1, -0.05) is 6.42 Å². The molecule has 1 heterocycles. The molecule has 3 rings (SSSR count). The second kappa shape index (κ2) is 4.89. The molecule has 5 heteroatoms. The van der Waals surface area contributed by atoms with E-state index in [1.165, 1.54) is 12.1 Å². The number of nitrogens with two attached hydrogens (primary N) is 1. The minimum atomic E-state index is -0.654. The van der Waals surface area contributed by atoms with Gasteiger partial charge >= 0.3 is 0 Å². The van der Waals surface area contributed by atoms with Crippen molar-refractivity contribution in [3.63, 3.8) is 0 Å². The van der Waals surface area contributed by atoms with Gasteiger partial charge in [0, 0.05) is 18.2 Å². The van der Waals surface area contributed by atoms with Crippen LogP contribution in [0.5, 0.6) is 0 Å². The van der Waals surface area contributed by atoms with Crippen LogP contribution in [-0.2, 0) is 0 Å². The summed E-state index contributed by atoms with van der Waals surface area (Å²) < 4.78 is 13.9. The Morgan fingerprint density at radius 3 is 2.80 bits per heavy atom. The highest BCUT2D eigenvalue weighted by Crippen LogP contribution is 2.38. The quantitative estimate of drug-likeness (QED) is 0.897. The van der Waals surface area contributed by atoms with E-state index in [0.717, 1.165) is 31.7 Å². The van der Waals surface area contributed by atoms with Crippen molar-refractivity contribution in [1.82, 2.24) is 4.90 Å². The Kier molecular flexibility index (Phi) is 3.20. The number of amides is 2. The van der Waals surface area contributed by atoms with E-state index in [0.29, 0.717) is 12.5 Å². The first kappa shape index (κ1) is 13.1. The Balaban J connectivity index is 1.90. The molecule has 1 aromatic carbocycles. The second-order valence-electron chi connectivity index (χ2n) is 5.60. The van der Waals surface area contributed by atoms with Crippen LogP contribution in [0.1, 0.15) is 46.4 Å². The zero-order valence-corrected chi connectivity index (χ0v) is 11.1. The molecule has 1 saturated carbocycles. The first-order valence-electron chi connectivity index (χ1n) is 6.98. The number of fused-ring (bicyclic) bond motifs is 1. The monoisotopic (exact) mass is 276 g/mol. The third-order valence-corrected chi connectivity index (χ3v) is 4.50. The molecule has 2 N–H and O–H groups in total. The fourth-order valence-electron chi connectivity index (χ4n) is 3.48. The number of carbonyl (C=O) groups excluding carboxylic acids is 2. The van der Waals surface area contributed by atoms with Crippen LogP contribution in [0.2, 0.25) is 0 Å². The van der Waals surface area contributed by atoms with Gasteiger partial charge in [0.25, 0.3) is 5.91 Å². The van der Waals surface area contributed by atoms with Crippen molar-refractivity contribution in [2.24, 2.45) is 11.7 Å². The lowest BCUT2D eigenvalue weighted by Gasteiger charge is -2.24. The van der Waals surface area contributed by atoms with Crippen LogP contribution in [0.25, 0.3) is 0 Å². The third-order valence-electron chi connectivity index (χ3n) is 4.50. The smallest absolute Gasteiger partial charge is 0.257 e. The summed E-state index contributed by atoms with van der Waals surface area (Å²) in [5.74, 6) is -1.01. The van der Waals surface area contributed by atoms with Gasteiger partial charge in [0.1, 0.15) is 5.82 Å². The van der Waals surface area contributed by atoms with Gasteiger partial charge in [-0.15, -0.1) is 0 Å². The lowest BCUT2D eigenvalue weighted by atomic mass is 10.0. The Hall–Kier alpha value is -1.91. The standard InChI is InChI=1S/C15H17FN2O2/c16-12-5-4-10(14(17)19)8-11(12)15(20)18-7-6-9-2-1-3-13(9)18/h4-5,8-9,13H,1-3,6-7H2,(H2,17,19). The fraction of sp³-hybridized carbons (Fsp3) is 0.467. The number of primary amides is 1. The number of halogens is 1. The minimum Gasteiger partial charge on any atom is -0.366 e. The van der Waals surface area contributed by atoms with E-state index < -0.39 is 11.7 Å². The lowest BCUT2D eigenvalue weighted by Crippen LogP contribution is -2.36. The minimum absolute atomic E-state index is 0.0474. The number of carbonyl (C=O) groups is 2. The molecule has 1 aliphatic carbocycles. The maximum atomic E-state index is 13.9. The molecule has 1 saturated heterocycles. The van der Waals surface area contributed by atoms with Gasteiger partial charge in [-0.2, -0.15) is 0 Å². The summed E-state index contributed by atoms with van der Waals surface area (Å²) in [6.07, 6.45) is 4.27. The summed E-state index contributed by atoms with van der Waals surface area (Å²) in [6, 6.07) is 3.94. The van der Waals surface area contributed by atoms with Crippen LogP contribution in [-0.4, -0.2) is 29.3 Å². The van der Waals surface area contributed by atoms with Gasteiger partial charge in [0.05, 0.1) is 5.56 Å². The van der Waals surface area contributed by atoms with Gasteiger partial charge < -0.3 is 10.6 Å². The lowest BCUT2D eigenvalue weighted by molar-refractivity contribution is 0.0724. The summed E-state index contributed by atoms with van der Waals surface area (Å²) in [7, 11) is 0. The van der Waals surface area contributed by atoms with E-state index in [4.69, 9.17) is 5.73 Å². The number of likely N-dealkylation sites (tertiary alicyclic amines) is 1. The summed E-state index contributed by atoms with van der Waals surface area (Å²) in [5.41, 5.74) is 5.30. The molecule has 106 valence electrons. The highest BCUT2D eigenvalue weighted by atomic mass is 19.1. The van der Waals surface area contributed by atoms with Crippen LogP contribution in [0, 0.1) is 11.7 Å². The van der Waals surface area contributed by atoms with E-state index in [2.05, 4.69) is 0 Å². The van der Waals surface area contributed by atoms with Gasteiger partial charge in [-0.25, -0.2) is 4.39 Å². The molecular weight excluding hydrogens is 259 g/mol. The molecule has 1 aliphatic heterocycles. The van der Waals surface area contributed by atoms with Crippen LogP contribution in [0.15, 0.2) is 18.2 Å². The molecule has 0 spiro atoms. The predicted molar refractivity (Wildman–Crippen MR) is 71.7 cm³/mol. The first-order valence-corrected chi connectivity index (χ1v) is 6.98. The zero-order valence-electron chi connectivity index (χ0n) is 11.1. The van der Waals surface area contributed by atoms with Crippen molar-refractivity contribution in [2.45, 2.75) is 31.7 Å². The molecule has 2 unspecified atom stereocenters. The average Bonchev–Trinajstić information content (AvgIpc) is 3.00. The summed E-state index contributed by atoms with van der Waals surface area (Å²) in [5, 5.41) is 0. The highest BCUT2D eigenvalue weighted by molar-refractivity contribution is 5.99. The van der Waals surface area contributed by atoms with E-state index >= 15 is 0 Å². The van der Waals surface area contributed by atoms with Crippen molar-refractivity contribution in [3.8, 4) is 0 Å². The summed E-state index contributed by atoms with van der Waals surface area (Å²) in [4.78, 5) is 25.4. The molecule has 0 bridgehead atoms. The van der Waals surface area contributed by atoms with Crippen LogP contribution < -0.4 is 5.73 Å². The van der Waals surface area contributed by atoms with Crippen molar-refractivity contribution < 1.29 is 14.0 Å². The normalized spacial score (nSPS) is 24.8. The molecule has 2 amide bonds. The average molecular weight is 276 g/mol. The fourth-order valence-corrected chi connectivity index (χ4v) is 3.48. The van der Waals surface area contributed by atoms with Crippen molar-refractivity contribution in [2.75, 3.05) is 6.54 Å². The topological polar surface area (TPSA) is 63.4 Å². The molecule has 1 aromatic rings. The third kappa shape index (κ3) is 2.07. The molecule has 2 fully saturated rings. The molecule has 0 aromatic heterocycles. The van der Waals surface area contributed by atoms with E-state index in [1.807, 2.05) is 0 Å². The number of nitrogens with zero attached hydrogens (tertiary/aromatic N) is 1. The molecule has 20 heavy (non-hydrogen) atoms. The summed E-state index contributed by atoms with van der Waals surface area (Å²) >= 11 is 0. The number of benzene rings is 1. The van der Waals surface area contributed by atoms with E-state index in [9.17, 15) is 14.0 Å². The van der Waals surface area contributed by atoms with Gasteiger partial charge in [0.2, 0.25) is 5.91 Å². The largest absolute Gasteiger partial charge is 0.366 e. The Morgan fingerprint density at radius 2 is 2.05 bits per heavy atom.